The average Bonchev–Trinajstić information content (AvgIpc) is 2.56. The van der Waals surface area contributed by atoms with Crippen LogP contribution in [0.15, 0.2) is 30.3 Å². The van der Waals surface area contributed by atoms with Crippen molar-refractivity contribution in [1.82, 2.24) is 0 Å². The highest BCUT2D eigenvalue weighted by molar-refractivity contribution is 6.00. The molecule has 2 aromatic rings. The molecule has 0 amide bonds. The second kappa shape index (κ2) is 8.71. The van der Waals surface area contributed by atoms with Gasteiger partial charge in [-0.1, -0.05) is 64.7 Å². The van der Waals surface area contributed by atoms with Crippen molar-refractivity contribution < 1.29 is 9.53 Å². The first-order valence-electron chi connectivity index (χ1n) is 8.82. The van der Waals surface area contributed by atoms with Crippen LogP contribution < -0.4 is 4.74 Å². The standard InChI is InChI=1S/C21H28O2/c1-4-5-6-7-8-13-23-18-11-9-17-10-12-19(16(2)3)21(15-22)20(17)14-18/h9-12,14-16H,4-8,13H2,1-3H3. The maximum atomic E-state index is 11.6. The van der Waals surface area contributed by atoms with Gasteiger partial charge in [0, 0.05) is 5.56 Å². The van der Waals surface area contributed by atoms with E-state index in [1.807, 2.05) is 18.2 Å². The van der Waals surface area contributed by atoms with Crippen LogP contribution in [0.3, 0.4) is 0 Å². The molecule has 124 valence electrons. The highest BCUT2D eigenvalue weighted by Gasteiger charge is 2.10. The van der Waals surface area contributed by atoms with E-state index >= 15 is 0 Å². The van der Waals surface area contributed by atoms with E-state index in [4.69, 9.17) is 4.74 Å². The maximum absolute atomic E-state index is 11.6. The Kier molecular flexibility index (Phi) is 6.64. The zero-order valence-corrected chi connectivity index (χ0v) is 14.6. The fourth-order valence-corrected chi connectivity index (χ4v) is 2.96. The Hall–Kier alpha value is -1.83. The molecular weight excluding hydrogens is 284 g/mol. The summed E-state index contributed by atoms with van der Waals surface area (Å²) in [4.78, 5) is 11.6. The first-order valence-corrected chi connectivity index (χ1v) is 8.82. The number of aldehydes is 1. The molecule has 2 rings (SSSR count). The number of hydrogen-bond donors (Lipinski definition) is 0. The minimum absolute atomic E-state index is 0.336. The normalized spacial score (nSPS) is 11.1. The molecule has 0 fully saturated rings. The van der Waals surface area contributed by atoms with Crippen molar-refractivity contribution in [2.45, 2.75) is 58.8 Å². The lowest BCUT2D eigenvalue weighted by molar-refractivity contribution is 0.112. The molecule has 0 bridgehead atoms. The molecule has 0 atom stereocenters. The Morgan fingerprint density at radius 1 is 1.04 bits per heavy atom. The van der Waals surface area contributed by atoms with Gasteiger partial charge in [-0.3, -0.25) is 4.79 Å². The number of carbonyl (C=O) groups excluding carboxylic acids is 1. The van der Waals surface area contributed by atoms with Gasteiger partial charge in [0.15, 0.2) is 6.29 Å². The molecule has 0 unspecified atom stereocenters. The predicted molar refractivity (Wildman–Crippen MR) is 97.7 cm³/mol. The summed E-state index contributed by atoms with van der Waals surface area (Å²) in [5, 5.41) is 2.08. The number of carbonyl (C=O) groups is 1. The van der Waals surface area contributed by atoms with Crippen molar-refractivity contribution in [3.05, 3.63) is 41.5 Å². The Labute approximate surface area is 139 Å². The largest absolute Gasteiger partial charge is 0.494 e. The maximum Gasteiger partial charge on any atom is 0.150 e. The summed E-state index contributed by atoms with van der Waals surface area (Å²) in [5.41, 5.74) is 1.90. The van der Waals surface area contributed by atoms with Gasteiger partial charge in [0.2, 0.25) is 0 Å². The van der Waals surface area contributed by atoms with Crippen LogP contribution in [-0.4, -0.2) is 12.9 Å². The van der Waals surface area contributed by atoms with Gasteiger partial charge >= 0.3 is 0 Å². The molecule has 2 nitrogen and oxygen atoms in total. The van der Waals surface area contributed by atoms with Gasteiger partial charge in [-0.2, -0.15) is 0 Å². The van der Waals surface area contributed by atoms with E-state index in [2.05, 4.69) is 32.9 Å². The molecule has 2 aromatic carbocycles. The molecule has 0 aliphatic rings. The first kappa shape index (κ1) is 17.5. The monoisotopic (exact) mass is 312 g/mol. The zero-order valence-electron chi connectivity index (χ0n) is 14.6. The van der Waals surface area contributed by atoms with Crippen LogP contribution in [0.25, 0.3) is 10.8 Å². The molecule has 2 heteroatoms. The Balaban J connectivity index is 2.12. The van der Waals surface area contributed by atoms with E-state index in [0.717, 1.165) is 47.0 Å². The second-order valence-electron chi connectivity index (χ2n) is 6.49. The predicted octanol–water partition coefficient (Wildman–Crippen LogP) is 6.12. The van der Waals surface area contributed by atoms with Crippen LogP contribution in [0.2, 0.25) is 0 Å². The summed E-state index contributed by atoms with van der Waals surface area (Å²) in [7, 11) is 0. The summed E-state index contributed by atoms with van der Waals surface area (Å²) in [6, 6.07) is 10.2. The van der Waals surface area contributed by atoms with Crippen molar-refractivity contribution in [3.8, 4) is 5.75 Å². The van der Waals surface area contributed by atoms with Crippen LogP contribution in [0, 0.1) is 0 Å². The molecule has 0 N–H and O–H groups in total. The fraction of sp³-hybridized carbons (Fsp3) is 0.476. The Morgan fingerprint density at radius 2 is 1.78 bits per heavy atom. The van der Waals surface area contributed by atoms with Gasteiger partial charge in [-0.15, -0.1) is 0 Å². The summed E-state index contributed by atoms with van der Waals surface area (Å²) in [6.45, 7) is 7.20. The third kappa shape index (κ3) is 4.57. The lowest BCUT2D eigenvalue weighted by atomic mass is 9.93. The van der Waals surface area contributed by atoms with E-state index in [1.165, 1.54) is 25.7 Å². The Bertz CT molecular complexity index is 644. The first-order chi connectivity index (χ1) is 11.2. The molecule has 0 aromatic heterocycles. The van der Waals surface area contributed by atoms with Crippen LogP contribution in [0.1, 0.15) is 74.7 Å². The summed E-state index contributed by atoms with van der Waals surface area (Å²) < 4.78 is 5.88. The summed E-state index contributed by atoms with van der Waals surface area (Å²) in [5.74, 6) is 1.19. The van der Waals surface area contributed by atoms with Crippen molar-refractivity contribution >= 4 is 17.1 Å². The number of ether oxygens (including phenoxy) is 1. The van der Waals surface area contributed by atoms with Crippen LogP contribution in [0.5, 0.6) is 5.75 Å². The molecule has 0 saturated heterocycles. The van der Waals surface area contributed by atoms with E-state index in [1.54, 1.807) is 0 Å². The molecule has 0 aliphatic carbocycles. The van der Waals surface area contributed by atoms with Gasteiger partial charge in [-0.05, 0) is 40.8 Å². The minimum atomic E-state index is 0.336. The zero-order chi connectivity index (χ0) is 16.7. The number of hydrogen-bond acceptors (Lipinski definition) is 2. The minimum Gasteiger partial charge on any atom is -0.494 e. The molecule has 0 radical (unpaired) electrons. The quantitative estimate of drug-likeness (QED) is 0.411. The van der Waals surface area contributed by atoms with Crippen LogP contribution in [-0.2, 0) is 0 Å². The lowest BCUT2D eigenvalue weighted by Gasteiger charge is -2.13. The highest BCUT2D eigenvalue weighted by Crippen LogP contribution is 2.29. The summed E-state index contributed by atoms with van der Waals surface area (Å²) in [6.07, 6.45) is 7.13. The molecule has 0 aliphatic heterocycles. The van der Waals surface area contributed by atoms with E-state index in [0.29, 0.717) is 5.92 Å². The van der Waals surface area contributed by atoms with Gasteiger partial charge in [0.25, 0.3) is 0 Å². The van der Waals surface area contributed by atoms with E-state index < -0.39 is 0 Å². The molecule has 0 spiro atoms. The van der Waals surface area contributed by atoms with Crippen molar-refractivity contribution in [2.24, 2.45) is 0 Å². The SMILES string of the molecule is CCCCCCCOc1ccc2ccc(C(C)C)c(C=O)c2c1. The summed E-state index contributed by atoms with van der Waals surface area (Å²) >= 11 is 0. The Morgan fingerprint density at radius 3 is 2.48 bits per heavy atom. The number of fused-ring (bicyclic) bond motifs is 1. The van der Waals surface area contributed by atoms with Crippen molar-refractivity contribution in [3.63, 3.8) is 0 Å². The number of benzene rings is 2. The van der Waals surface area contributed by atoms with E-state index in [-0.39, 0.29) is 0 Å². The molecule has 23 heavy (non-hydrogen) atoms. The second-order valence-corrected chi connectivity index (χ2v) is 6.49. The fourth-order valence-electron chi connectivity index (χ4n) is 2.96. The molecule has 0 saturated carbocycles. The number of unbranched alkanes of at least 4 members (excludes halogenated alkanes) is 4. The topological polar surface area (TPSA) is 26.3 Å². The van der Waals surface area contributed by atoms with Gasteiger partial charge in [-0.25, -0.2) is 0 Å². The van der Waals surface area contributed by atoms with E-state index in [9.17, 15) is 4.79 Å². The third-order valence-corrected chi connectivity index (χ3v) is 4.32. The number of rotatable bonds is 9. The highest BCUT2D eigenvalue weighted by atomic mass is 16.5. The molecular formula is C21H28O2. The average molecular weight is 312 g/mol. The van der Waals surface area contributed by atoms with Crippen LogP contribution in [0.4, 0.5) is 0 Å². The van der Waals surface area contributed by atoms with Crippen molar-refractivity contribution in [1.29, 1.82) is 0 Å². The lowest BCUT2D eigenvalue weighted by Crippen LogP contribution is -1.99. The third-order valence-electron chi connectivity index (χ3n) is 4.32. The van der Waals surface area contributed by atoms with Crippen LogP contribution >= 0.6 is 0 Å². The van der Waals surface area contributed by atoms with Gasteiger partial charge in [0.1, 0.15) is 5.75 Å². The smallest absolute Gasteiger partial charge is 0.150 e. The van der Waals surface area contributed by atoms with Crippen molar-refractivity contribution in [2.75, 3.05) is 6.61 Å². The van der Waals surface area contributed by atoms with Gasteiger partial charge < -0.3 is 4.74 Å². The van der Waals surface area contributed by atoms with Gasteiger partial charge in [0.05, 0.1) is 6.61 Å². The molecule has 0 heterocycles.